The number of piperazine rings is 1. The van der Waals surface area contributed by atoms with E-state index in [2.05, 4.69) is 4.90 Å². The Balaban J connectivity index is 2.04. The minimum Gasteiger partial charge on any atom is -0.368 e. The van der Waals surface area contributed by atoms with Crippen molar-refractivity contribution < 1.29 is 9.59 Å². The van der Waals surface area contributed by atoms with Gasteiger partial charge in [0.25, 0.3) is 0 Å². The number of nitrogens with zero attached hydrogens (tertiary/aromatic N) is 2. The molecule has 5 heteroatoms. The maximum absolute atomic E-state index is 12.5. The Morgan fingerprint density at radius 3 is 2.39 bits per heavy atom. The Hall–Kier alpha value is -1.10. The molecule has 5 nitrogen and oxygen atoms in total. The molecule has 0 radical (unpaired) electrons. The maximum Gasteiger partial charge on any atom is 0.241 e. The fourth-order valence-corrected chi connectivity index (χ4v) is 3.01. The van der Waals surface area contributed by atoms with E-state index in [1.165, 1.54) is 6.42 Å². The smallest absolute Gasteiger partial charge is 0.241 e. The molecule has 1 unspecified atom stereocenters. The lowest BCUT2D eigenvalue weighted by molar-refractivity contribution is -0.146. The van der Waals surface area contributed by atoms with Crippen LogP contribution < -0.4 is 5.73 Å². The number of hydrogen-bond acceptors (Lipinski definition) is 3. The van der Waals surface area contributed by atoms with Crippen molar-refractivity contribution in [2.75, 3.05) is 26.7 Å². The van der Waals surface area contributed by atoms with E-state index >= 15 is 0 Å². The van der Waals surface area contributed by atoms with Crippen molar-refractivity contribution in [3.05, 3.63) is 0 Å². The number of carbonyl (C=O) groups is 2. The van der Waals surface area contributed by atoms with Crippen molar-refractivity contribution in [3.8, 4) is 0 Å². The van der Waals surface area contributed by atoms with Gasteiger partial charge in [-0.25, -0.2) is 0 Å². The lowest BCUT2D eigenvalue weighted by Gasteiger charge is -2.40. The Morgan fingerprint density at radius 2 is 1.78 bits per heavy atom. The van der Waals surface area contributed by atoms with Crippen LogP contribution in [0.1, 0.15) is 32.1 Å². The van der Waals surface area contributed by atoms with Gasteiger partial charge in [-0.05, 0) is 19.9 Å². The third kappa shape index (κ3) is 2.83. The van der Waals surface area contributed by atoms with Gasteiger partial charge < -0.3 is 15.5 Å². The van der Waals surface area contributed by atoms with E-state index in [0.717, 1.165) is 32.2 Å². The second kappa shape index (κ2) is 5.69. The lowest BCUT2D eigenvalue weighted by atomic mass is 9.87. The van der Waals surface area contributed by atoms with E-state index in [0.29, 0.717) is 13.1 Å². The van der Waals surface area contributed by atoms with E-state index in [1.807, 2.05) is 7.05 Å². The van der Waals surface area contributed by atoms with E-state index in [4.69, 9.17) is 5.73 Å². The summed E-state index contributed by atoms with van der Waals surface area (Å²) in [6.07, 6.45) is 5.43. The molecule has 1 aliphatic heterocycles. The molecule has 1 atom stereocenters. The average molecular weight is 253 g/mol. The normalized spacial score (nSPS) is 27.2. The molecule has 1 heterocycles. The number of likely N-dealkylation sites (N-methyl/N-ethyl adjacent to an activating group) is 1. The highest BCUT2D eigenvalue weighted by Crippen LogP contribution is 2.26. The number of hydrogen-bond donors (Lipinski definition) is 1. The Labute approximate surface area is 108 Å². The van der Waals surface area contributed by atoms with Crippen LogP contribution in [0.5, 0.6) is 0 Å². The van der Waals surface area contributed by atoms with Gasteiger partial charge in [0.1, 0.15) is 6.04 Å². The van der Waals surface area contributed by atoms with Gasteiger partial charge in [0.15, 0.2) is 0 Å². The summed E-state index contributed by atoms with van der Waals surface area (Å²) in [6.45, 7) is 2.01. The fraction of sp³-hybridized carbons (Fsp3) is 0.846. The maximum atomic E-state index is 12.5. The van der Waals surface area contributed by atoms with Gasteiger partial charge in [-0.2, -0.15) is 0 Å². The van der Waals surface area contributed by atoms with Crippen LogP contribution in [-0.2, 0) is 9.59 Å². The van der Waals surface area contributed by atoms with Crippen LogP contribution in [0.15, 0.2) is 0 Å². The van der Waals surface area contributed by atoms with Gasteiger partial charge in [0.2, 0.25) is 11.8 Å². The Morgan fingerprint density at radius 1 is 1.11 bits per heavy atom. The second-order valence-electron chi connectivity index (χ2n) is 5.55. The van der Waals surface area contributed by atoms with Crippen molar-refractivity contribution in [3.63, 3.8) is 0 Å². The van der Waals surface area contributed by atoms with Gasteiger partial charge in [-0.1, -0.05) is 19.3 Å². The van der Waals surface area contributed by atoms with Crippen LogP contribution in [0, 0.1) is 5.92 Å². The van der Waals surface area contributed by atoms with Crippen LogP contribution in [0.3, 0.4) is 0 Å². The highest BCUT2D eigenvalue weighted by molar-refractivity contribution is 5.88. The molecule has 1 aliphatic carbocycles. The SMILES string of the molecule is CN1CCN(C(=O)C2CCCCC2)C(C(N)=O)C1. The van der Waals surface area contributed by atoms with Crippen molar-refractivity contribution in [2.24, 2.45) is 11.7 Å². The van der Waals surface area contributed by atoms with Gasteiger partial charge >= 0.3 is 0 Å². The molecule has 0 aromatic heterocycles. The summed E-state index contributed by atoms with van der Waals surface area (Å²) in [5, 5.41) is 0. The topological polar surface area (TPSA) is 66.6 Å². The molecule has 1 saturated heterocycles. The summed E-state index contributed by atoms with van der Waals surface area (Å²) < 4.78 is 0. The molecule has 102 valence electrons. The van der Waals surface area contributed by atoms with Crippen LogP contribution in [0.2, 0.25) is 0 Å². The molecule has 0 aromatic rings. The molecule has 2 aliphatic rings. The summed E-state index contributed by atoms with van der Waals surface area (Å²) in [6, 6.07) is -0.446. The van der Waals surface area contributed by atoms with Crippen molar-refractivity contribution >= 4 is 11.8 Å². The minimum atomic E-state index is -0.446. The zero-order chi connectivity index (χ0) is 13.1. The number of nitrogens with two attached hydrogens (primary N) is 1. The number of carbonyl (C=O) groups excluding carboxylic acids is 2. The number of primary amides is 1. The van der Waals surface area contributed by atoms with Crippen molar-refractivity contribution in [2.45, 2.75) is 38.1 Å². The highest BCUT2D eigenvalue weighted by atomic mass is 16.2. The zero-order valence-electron chi connectivity index (χ0n) is 11.1. The largest absolute Gasteiger partial charge is 0.368 e. The molecular formula is C13H23N3O2. The molecule has 1 saturated carbocycles. The van der Waals surface area contributed by atoms with Crippen molar-refractivity contribution in [1.29, 1.82) is 0 Å². The molecule has 18 heavy (non-hydrogen) atoms. The van der Waals surface area contributed by atoms with E-state index < -0.39 is 6.04 Å². The molecule has 0 spiro atoms. The number of amides is 2. The third-order valence-corrected chi connectivity index (χ3v) is 4.15. The van der Waals surface area contributed by atoms with Gasteiger partial charge in [-0.15, -0.1) is 0 Å². The molecule has 0 bridgehead atoms. The highest BCUT2D eigenvalue weighted by Gasteiger charge is 2.36. The first-order valence-electron chi connectivity index (χ1n) is 6.88. The zero-order valence-corrected chi connectivity index (χ0v) is 11.1. The summed E-state index contributed by atoms with van der Waals surface area (Å²) in [5.41, 5.74) is 5.43. The molecule has 2 fully saturated rings. The van der Waals surface area contributed by atoms with E-state index in [-0.39, 0.29) is 17.7 Å². The van der Waals surface area contributed by atoms with Crippen LogP contribution in [0.25, 0.3) is 0 Å². The average Bonchev–Trinajstić information content (AvgIpc) is 2.39. The van der Waals surface area contributed by atoms with Crippen molar-refractivity contribution in [1.82, 2.24) is 9.80 Å². The quantitative estimate of drug-likeness (QED) is 0.764. The van der Waals surface area contributed by atoms with E-state index in [1.54, 1.807) is 4.90 Å². The minimum absolute atomic E-state index is 0.115. The van der Waals surface area contributed by atoms with Gasteiger partial charge in [0.05, 0.1) is 0 Å². The number of rotatable bonds is 2. The second-order valence-corrected chi connectivity index (χ2v) is 5.55. The Kier molecular flexibility index (Phi) is 4.22. The third-order valence-electron chi connectivity index (χ3n) is 4.15. The first-order valence-corrected chi connectivity index (χ1v) is 6.88. The predicted molar refractivity (Wildman–Crippen MR) is 68.8 cm³/mol. The monoisotopic (exact) mass is 253 g/mol. The molecular weight excluding hydrogens is 230 g/mol. The van der Waals surface area contributed by atoms with Gasteiger partial charge in [-0.3, -0.25) is 9.59 Å². The molecule has 2 N–H and O–H groups in total. The molecule has 2 rings (SSSR count). The van der Waals surface area contributed by atoms with E-state index in [9.17, 15) is 9.59 Å². The van der Waals surface area contributed by atoms with Gasteiger partial charge in [0, 0.05) is 25.6 Å². The Bertz CT molecular complexity index is 326. The van der Waals surface area contributed by atoms with Crippen LogP contribution >= 0.6 is 0 Å². The molecule has 0 aromatic carbocycles. The van der Waals surface area contributed by atoms with Crippen LogP contribution in [-0.4, -0.2) is 54.3 Å². The predicted octanol–water partition coefficient (Wildman–Crippen LogP) is 0.195. The first kappa shape index (κ1) is 13.3. The fourth-order valence-electron chi connectivity index (χ4n) is 3.01. The van der Waals surface area contributed by atoms with Crippen LogP contribution in [0.4, 0.5) is 0 Å². The summed E-state index contributed by atoms with van der Waals surface area (Å²) >= 11 is 0. The standard InChI is InChI=1S/C13H23N3O2/c1-15-7-8-16(11(9-15)12(14)17)13(18)10-5-3-2-4-6-10/h10-11H,2-9H2,1H3,(H2,14,17). The summed E-state index contributed by atoms with van der Waals surface area (Å²) in [5.74, 6) is -0.124. The lowest BCUT2D eigenvalue weighted by Crippen LogP contribution is -2.60. The molecule has 2 amide bonds. The first-order chi connectivity index (χ1) is 8.59. The summed E-state index contributed by atoms with van der Waals surface area (Å²) in [4.78, 5) is 27.7. The summed E-state index contributed by atoms with van der Waals surface area (Å²) in [7, 11) is 1.96.